The normalized spacial score (nSPS) is 27.2. The van der Waals surface area contributed by atoms with Crippen molar-refractivity contribution in [1.29, 1.82) is 0 Å². The first-order valence-corrected chi connectivity index (χ1v) is 10.4. The molecule has 4 heterocycles. The Morgan fingerprint density at radius 1 is 1.38 bits per heavy atom. The molecule has 9 heteroatoms. The van der Waals surface area contributed by atoms with Crippen molar-refractivity contribution in [1.82, 2.24) is 18.6 Å². The van der Waals surface area contributed by atoms with Gasteiger partial charge in [-0.05, 0) is 24.6 Å². The number of pyridine rings is 1. The molecule has 140 valence electrons. The van der Waals surface area contributed by atoms with E-state index in [0.29, 0.717) is 19.6 Å². The molecule has 2 saturated heterocycles. The number of aryl methyl sites for hydroxylation is 1. The molecule has 1 N–H and O–H groups in total. The SMILES string of the molecule is Cc1ccn2cc(CN3C[C@H]4CN(S(C)(=O)=O)C[C@@]4(C(=O)O)C3)nc2c1. The van der Waals surface area contributed by atoms with Crippen LogP contribution in [0.3, 0.4) is 0 Å². The van der Waals surface area contributed by atoms with Gasteiger partial charge in [-0.15, -0.1) is 0 Å². The van der Waals surface area contributed by atoms with Crippen LogP contribution in [-0.2, 0) is 21.4 Å². The number of nitrogens with zero attached hydrogens (tertiary/aromatic N) is 4. The fraction of sp³-hybridized carbons (Fsp3) is 0.529. The van der Waals surface area contributed by atoms with E-state index in [4.69, 9.17) is 0 Å². The first-order chi connectivity index (χ1) is 12.2. The Bertz CT molecular complexity index is 986. The highest BCUT2D eigenvalue weighted by molar-refractivity contribution is 7.88. The second-order valence-corrected chi connectivity index (χ2v) is 9.57. The minimum atomic E-state index is -3.38. The third-order valence-electron chi connectivity index (χ3n) is 5.59. The van der Waals surface area contributed by atoms with Gasteiger partial charge in [-0.2, -0.15) is 0 Å². The minimum absolute atomic E-state index is 0.0483. The fourth-order valence-electron chi connectivity index (χ4n) is 4.24. The van der Waals surface area contributed by atoms with E-state index in [1.165, 1.54) is 4.31 Å². The molecule has 4 rings (SSSR count). The topological polar surface area (TPSA) is 95.2 Å². The van der Waals surface area contributed by atoms with Gasteiger partial charge in [0.25, 0.3) is 0 Å². The number of carboxylic acids is 1. The summed E-state index contributed by atoms with van der Waals surface area (Å²) in [5.74, 6) is -1.12. The molecule has 2 aliphatic heterocycles. The minimum Gasteiger partial charge on any atom is -0.481 e. The highest BCUT2D eigenvalue weighted by Gasteiger charge is 2.59. The number of hydrogen-bond donors (Lipinski definition) is 1. The van der Waals surface area contributed by atoms with Crippen LogP contribution < -0.4 is 0 Å². The van der Waals surface area contributed by atoms with E-state index < -0.39 is 21.4 Å². The molecule has 0 bridgehead atoms. The van der Waals surface area contributed by atoms with Crippen molar-refractivity contribution < 1.29 is 18.3 Å². The highest BCUT2D eigenvalue weighted by atomic mass is 32.2. The number of fused-ring (bicyclic) bond motifs is 2. The number of aliphatic carboxylic acids is 1. The summed E-state index contributed by atoms with van der Waals surface area (Å²) < 4.78 is 26.9. The molecule has 0 saturated carbocycles. The number of sulfonamides is 1. The molecule has 2 aromatic rings. The summed E-state index contributed by atoms with van der Waals surface area (Å²) in [7, 11) is -3.38. The molecule has 0 spiro atoms. The van der Waals surface area contributed by atoms with Crippen LogP contribution in [0.4, 0.5) is 0 Å². The van der Waals surface area contributed by atoms with Gasteiger partial charge in [0.05, 0.1) is 17.4 Å². The van der Waals surface area contributed by atoms with Gasteiger partial charge in [0, 0.05) is 51.0 Å². The maximum absolute atomic E-state index is 12.0. The maximum atomic E-state index is 12.0. The summed E-state index contributed by atoms with van der Waals surface area (Å²) in [4.78, 5) is 18.7. The lowest BCUT2D eigenvalue weighted by molar-refractivity contribution is -0.148. The van der Waals surface area contributed by atoms with Gasteiger partial charge in [-0.3, -0.25) is 9.69 Å². The first kappa shape index (κ1) is 17.4. The van der Waals surface area contributed by atoms with Gasteiger partial charge < -0.3 is 9.51 Å². The Labute approximate surface area is 152 Å². The van der Waals surface area contributed by atoms with E-state index in [-0.39, 0.29) is 19.0 Å². The van der Waals surface area contributed by atoms with E-state index in [1.807, 2.05) is 35.9 Å². The van der Waals surface area contributed by atoms with Gasteiger partial charge >= 0.3 is 5.97 Å². The number of hydrogen-bond acceptors (Lipinski definition) is 5. The largest absolute Gasteiger partial charge is 0.481 e. The Balaban J connectivity index is 1.55. The lowest BCUT2D eigenvalue weighted by Gasteiger charge is -2.24. The van der Waals surface area contributed by atoms with Crippen LogP contribution in [0.2, 0.25) is 0 Å². The second-order valence-electron chi connectivity index (χ2n) is 7.59. The standard InChI is InChI=1S/C17H22N4O4S/c1-12-3-4-20-9-14(18-15(20)5-12)8-19-6-13-7-21(26(2,24)25)11-17(13,10-19)16(22)23/h3-5,9,13H,6-8,10-11H2,1-2H3,(H,22,23)/t13-,17-/m0/s1. The summed E-state index contributed by atoms with van der Waals surface area (Å²) in [5.41, 5.74) is 1.86. The maximum Gasteiger partial charge on any atom is 0.312 e. The van der Waals surface area contributed by atoms with Crippen molar-refractivity contribution in [3.63, 3.8) is 0 Å². The van der Waals surface area contributed by atoms with E-state index in [2.05, 4.69) is 9.88 Å². The van der Waals surface area contributed by atoms with Crippen molar-refractivity contribution >= 4 is 21.6 Å². The zero-order chi connectivity index (χ0) is 18.7. The number of carboxylic acid groups (broad SMARTS) is 1. The van der Waals surface area contributed by atoms with Crippen LogP contribution in [0.1, 0.15) is 11.3 Å². The molecule has 0 aliphatic carbocycles. The van der Waals surface area contributed by atoms with E-state index in [1.54, 1.807) is 0 Å². The van der Waals surface area contributed by atoms with Crippen LogP contribution in [0.15, 0.2) is 24.5 Å². The van der Waals surface area contributed by atoms with Crippen molar-refractivity contribution in [2.24, 2.45) is 11.3 Å². The summed E-state index contributed by atoms with van der Waals surface area (Å²) in [5, 5.41) is 9.82. The molecule has 2 aliphatic rings. The summed E-state index contributed by atoms with van der Waals surface area (Å²) >= 11 is 0. The van der Waals surface area contributed by atoms with E-state index in [0.717, 1.165) is 23.2 Å². The molecular weight excluding hydrogens is 356 g/mol. The molecule has 0 unspecified atom stereocenters. The van der Waals surface area contributed by atoms with Gasteiger partial charge in [-0.1, -0.05) is 0 Å². The number of imidazole rings is 1. The van der Waals surface area contributed by atoms with Crippen LogP contribution in [0.25, 0.3) is 5.65 Å². The van der Waals surface area contributed by atoms with Crippen LogP contribution in [-0.4, -0.2) is 70.5 Å². The Kier molecular flexibility index (Phi) is 3.87. The van der Waals surface area contributed by atoms with E-state index >= 15 is 0 Å². The molecular formula is C17H22N4O4S. The predicted octanol–water partition coefficient (Wildman–Crippen LogP) is 0.421. The summed E-state index contributed by atoms with van der Waals surface area (Å²) in [6.07, 6.45) is 5.06. The third kappa shape index (κ3) is 2.80. The van der Waals surface area contributed by atoms with Gasteiger partial charge in [0.2, 0.25) is 10.0 Å². The Morgan fingerprint density at radius 3 is 2.81 bits per heavy atom. The zero-order valence-electron chi connectivity index (χ0n) is 14.8. The predicted molar refractivity (Wildman–Crippen MR) is 95.2 cm³/mol. The fourth-order valence-corrected chi connectivity index (χ4v) is 5.16. The molecule has 2 fully saturated rings. The van der Waals surface area contributed by atoms with Crippen molar-refractivity contribution in [3.05, 3.63) is 35.8 Å². The monoisotopic (exact) mass is 378 g/mol. The lowest BCUT2D eigenvalue weighted by atomic mass is 9.81. The molecule has 2 aromatic heterocycles. The molecule has 0 radical (unpaired) electrons. The van der Waals surface area contributed by atoms with E-state index in [9.17, 15) is 18.3 Å². The smallest absolute Gasteiger partial charge is 0.312 e. The third-order valence-corrected chi connectivity index (χ3v) is 6.81. The quantitative estimate of drug-likeness (QED) is 0.829. The average Bonchev–Trinajstić information content (AvgIpc) is 3.16. The Morgan fingerprint density at radius 2 is 2.15 bits per heavy atom. The molecule has 2 atom stereocenters. The van der Waals surface area contributed by atoms with Crippen LogP contribution in [0, 0.1) is 18.3 Å². The highest BCUT2D eigenvalue weighted by Crippen LogP contribution is 2.44. The lowest BCUT2D eigenvalue weighted by Crippen LogP contribution is -2.41. The average molecular weight is 378 g/mol. The summed E-state index contributed by atoms with van der Waals surface area (Å²) in [6.45, 7) is 3.79. The van der Waals surface area contributed by atoms with Crippen molar-refractivity contribution in [2.75, 3.05) is 32.4 Å². The number of rotatable bonds is 4. The van der Waals surface area contributed by atoms with Crippen LogP contribution >= 0.6 is 0 Å². The van der Waals surface area contributed by atoms with Crippen molar-refractivity contribution in [2.45, 2.75) is 13.5 Å². The van der Waals surface area contributed by atoms with Crippen LogP contribution in [0.5, 0.6) is 0 Å². The number of carbonyl (C=O) groups is 1. The van der Waals surface area contributed by atoms with Gasteiger partial charge in [-0.25, -0.2) is 17.7 Å². The van der Waals surface area contributed by atoms with Gasteiger partial charge in [0.1, 0.15) is 5.65 Å². The van der Waals surface area contributed by atoms with Gasteiger partial charge in [0.15, 0.2) is 0 Å². The zero-order valence-corrected chi connectivity index (χ0v) is 15.6. The number of aromatic nitrogens is 2. The first-order valence-electron chi connectivity index (χ1n) is 8.52. The number of likely N-dealkylation sites (tertiary alicyclic amines) is 1. The van der Waals surface area contributed by atoms with Crippen molar-refractivity contribution in [3.8, 4) is 0 Å². The summed E-state index contributed by atoms with van der Waals surface area (Å²) in [6, 6.07) is 4.02. The molecule has 0 amide bonds. The Hall–Kier alpha value is -1.97. The molecule has 8 nitrogen and oxygen atoms in total. The molecule has 26 heavy (non-hydrogen) atoms. The second kappa shape index (κ2) is 5.77. The molecule has 0 aromatic carbocycles.